The van der Waals surface area contributed by atoms with Crippen LogP contribution in [0.4, 0.5) is 17.3 Å². The minimum absolute atomic E-state index is 0.165. The van der Waals surface area contributed by atoms with Crippen LogP contribution in [0.3, 0.4) is 0 Å². The first-order valence-electron chi connectivity index (χ1n) is 14.4. The maximum absolute atomic E-state index is 13.9. The number of ether oxygens (including phenoxy) is 2. The normalized spacial score (nSPS) is 17.2. The third kappa shape index (κ3) is 5.89. The first-order chi connectivity index (χ1) is 20.9. The van der Waals surface area contributed by atoms with Crippen molar-refractivity contribution in [1.29, 1.82) is 0 Å². The molecular weight excluding hydrogens is 546 g/mol. The van der Waals surface area contributed by atoms with Gasteiger partial charge in [-0.05, 0) is 49.9 Å². The van der Waals surface area contributed by atoms with Crippen LogP contribution in [0.5, 0.6) is 17.2 Å². The number of amides is 1. The second kappa shape index (κ2) is 12.1. The third-order valence-electron chi connectivity index (χ3n) is 8.03. The van der Waals surface area contributed by atoms with Gasteiger partial charge in [0.1, 0.15) is 17.1 Å². The molecule has 0 spiro atoms. The van der Waals surface area contributed by atoms with Gasteiger partial charge >= 0.3 is 0 Å². The minimum Gasteiger partial charge on any atom is -0.494 e. The van der Waals surface area contributed by atoms with Gasteiger partial charge in [0, 0.05) is 62.6 Å². The van der Waals surface area contributed by atoms with E-state index in [-0.39, 0.29) is 23.3 Å². The van der Waals surface area contributed by atoms with Gasteiger partial charge < -0.3 is 29.5 Å². The lowest BCUT2D eigenvalue weighted by Crippen LogP contribution is -2.44. The van der Waals surface area contributed by atoms with Crippen LogP contribution in [-0.4, -0.2) is 83.7 Å². The van der Waals surface area contributed by atoms with E-state index in [2.05, 4.69) is 39.8 Å². The number of hydrogen-bond acceptors (Lipinski definition) is 9. The molecule has 0 saturated carbocycles. The van der Waals surface area contributed by atoms with Gasteiger partial charge in [-0.2, -0.15) is 4.98 Å². The van der Waals surface area contributed by atoms with Gasteiger partial charge in [-0.3, -0.25) is 14.2 Å². The highest BCUT2D eigenvalue weighted by Gasteiger charge is 2.29. The molecule has 0 unspecified atom stereocenters. The Kier molecular flexibility index (Phi) is 7.97. The van der Waals surface area contributed by atoms with Crippen molar-refractivity contribution in [3.8, 4) is 17.2 Å². The Morgan fingerprint density at radius 3 is 2.58 bits per heavy atom. The van der Waals surface area contributed by atoms with Gasteiger partial charge in [0.25, 0.3) is 5.56 Å². The van der Waals surface area contributed by atoms with Gasteiger partial charge in [-0.25, -0.2) is 4.98 Å². The second-order valence-corrected chi connectivity index (χ2v) is 10.8. The molecule has 222 valence electrons. The number of likely N-dealkylation sites (N-methyl/N-ethyl adjacent to an activating group) is 1. The molecule has 2 saturated heterocycles. The molecule has 2 aliphatic rings. The number of piperazine rings is 1. The zero-order valence-corrected chi connectivity index (χ0v) is 24.4. The van der Waals surface area contributed by atoms with E-state index in [0.29, 0.717) is 53.7 Å². The van der Waals surface area contributed by atoms with Gasteiger partial charge in [0.05, 0.1) is 18.8 Å². The number of methoxy groups -OCH3 is 1. The van der Waals surface area contributed by atoms with Gasteiger partial charge in [0.2, 0.25) is 11.9 Å². The van der Waals surface area contributed by atoms with Crippen molar-refractivity contribution in [2.24, 2.45) is 0 Å². The van der Waals surface area contributed by atoms with Crippen LogP contribution in [0.15, 0.2) is 78.2 Å². The quantitative estimate of drug-likeness (QED) is 0.309. The van der Waals surface area contributed by atoms with Crippen molar-refractivity contribution in [3.05, 3.63) is 83.8 Å². The first kappa shape index (κ1) is 28.2. The summed E-state index contributed by atoms with van der Waals surface area (Å²) in [4.78, 5) is 42.0. The summed E-state index contributed by atoms with van der Waals surface area (Å²) < 4.78 is 13.4. The van der Waals surface area contributed by atoms with E-state index in [1.807, 2.05) is 30.3 Å². The number of hydrogen-bond donors (Lipinski definition) is 1. The Bertz CT molecular complexity index is 1700. The molecule has 1 amide bonds. The molecule has 0 bridgehead atoms. The lowest BCUT2D eigenvalue weighted by Gasteiger charge is -2.34. The second-order valence-electron chi connectivity index (χ2n) is 10.8. The highest BCUT2D eigenvalue weighted by molar-refractivity contribution is 5.87. The van der Waals surface area contributed by atoms with Crippen LogP contribution in [0, 0.1) is 0 Å². The van der Waals surface area contributed by atoms with E-state index in [0.717, 1.165) is 31.9 Å². The zero-order chi connectivity index (χ0) is 29.9. The van der Waals surface area contributed by atoms with E-state index in [1.54, 1.807) is 41.0 Å². The molecule has 0 aliphatic carbocycles. The van der Waals surface area contributed by atoms with E-state index in [1.165, 1.54) is 6.08 Å². The number of fused-ring (bicyclic) bond motifs is 1. The fourth-order valence-electron chi connectivity index (χ4n) is 5.63. The van der Waals surface area contributed by atoms with Gasteiger partial charge in [0.15, 0.2) is 5.75 Å². The number of likely N-dealkylation sites (tertiary alicyclic amines) is 1. The Morgan fingerprint density at radius 1 is 1.05 bits per heavy atom. The summed E-state index contributed by atoms with van der Waals surface area (Å²) >= 11 is 0. The number of carbonyl (C=O) groups excluding carboxylic acids is 1. The molecule has 2 aromatic heterocycles. The molecule has 43 heavy (non-hydrogen) atoms. The summed E-state index contributed by atoms with van der Waals surface area (Å²) in [6.45, 7) is 8.40. The largest absolute Gasteiger partial charge is 0.494 e. The lowest BCUT2D eigenvalue weighted by molar-refractivity contribution is -0.125. The molecular formula is C32H35N7O4. The van der Waals surface area contributed by atoms with Crippen LogP contribution >= 0.6 is 0 Å². The number of rotatable bonds is 8. The molecule has 6 rings (SSSR count). The van der Waals surface area contributed by atoms with E-state index in [9.17, 15) is 9.59 Å². The average molecular weight is 582 g/mol. The Labute approximate surface area is 250 Å². The number of para-hydroxylation sites is 1. The standard InChI is InChI=1S/C32H35N7O4/c1-4-29(40)38-13-12-24(21-38)39-30-22(18-28(31(39)41)43-25-8-6-5-7-9-25)20-33-32(35-30)34-26-11-10-23(19-27(26)42-3)37-16-14-36(2)15-17-37/h4-11,18-20,24H,1,12-17,21H2,2-3H3,(H,33,34,35)/t24-/m0/s1. The van der Waals surface area contributed by atoms with E-state index in [4.69, 9.17) is 14.5 Å². The fourth-order valence-corrected chi connectivity index (χ4v) is 5.63. The smallest absolute Gasteiger partial charge is 0.295 e. The van der Waals surface area contributed by atoms with Crippen molar-refractivity contribution in [2.45, 2.75) is 12.5 Å². The molecule has 4 aromatic rings. The van der Waals surface area contributed by atoms with E-state index < -0.39 is 0 Å². The minimum atomic E-state index is -0.326. The van der Waals surface area contributed by atoms with Gasteiger partial charge in [-0.1, -0.05) is 24.8 Å². The van der Waals surface area contributed by atoms with Crippen molar-refractivity contribution in [1.82, 2.24) is 24.3 Å². The number of anilines is 3. The van der Waals surface area contributed by atoms with Crippen molar-refractivity contribution in [3.63, 3.8) is 0 Å². The monoisotopic (exact) mass is 581 g/mol. The predicted molar refractivity (Wildman–Crippen MR) is 167 cm³/mol. The van der Waals surface area contributed by atoms with Crippen LogP contribution in [0.2, 0.25) is 0 Å². The van der Waals surface area contributed by atoms with Crippen molar-refractivity contribution < 1.29 is 14.3 Å². The highest BCUT2D eigenvalue weighted by Crippen LogP contribution is 2.33. The third-order valence-corrected chi connectivity index (χ3v) is 8.03. The van der Waals surface area contributed by atoms with Crippen LogP contribution < -0.4 is 25.2 Å². The van der Waals surface area contributed by atoms with Crippen LogP contribution in [0.1, 0.15) is 12.5 Å². The number of carbonyl (C=O) groups is 1. The topological polar surface area (TPSA) is 105 Å². The van der Waals surface area contributed by atoms with Crippen molar-refractivity contribution >= 4 is 34.3 Å². The SMILES string of the molecule is C=CC(=O)N1CC[C@H](n2c(=O)c(Oc3ccccc3)cc3cnc(Nc4ccc(N5CCN(C)CC5)cc4OC)nc32)C1. The molecule has 1 atom stereocenters. The lowest BCUT2D eigenvalue weighted by atomic mass is 10.2. The molecule has 2 aromatic carbocycles. The van der Waals surface area contributed by atoms with Crippen molar-refractivity contribution in [2.75, 3.05) is 63.6 Å². The summed E-state index contributed by atoms with van der Waals surface area (Å²) in [5.74, 6) is 1.53. The number of benzene rings is 2. The number of pyridine rings is 1. The summed E-state index contributed by atoms with van der Waals surface area (Å²) in [5.41, 5.74) is 1.93. The summed E-state index contributed by atoms with van der Waals surface area (Å²) in [6.07, 6.45) is 3.56. The summed E-state index contributed by atoms with van der Waals surface area (Å²) in [6, 6.07) is 16.6. The maximum atomic E-state index is 13.9. The highest BCUT2D eigenvalue weighted by atomic mass is 16.5. The molecule has 11 heteroatoms. The predicted octanol–water partition coefficient (Wildman–Crippen LogP) is 4.05. The molecule has 1 N–H and O–H groups in total. The van der Waals surface area contributed by atoms with Gasteiger partial charge in [-0.15, -0.1) is 0 Å². The number of aromatic nitrogens is 3. The van der Waals surface area contributed by atoms with E-state index >= 15 is 0 Å². The Balaban J connectivity index is 1.36. The first-order valence-corrected chi connectivity index (χ1v) is 14.4. The molecule has 11 nitrogen and oxygen atoms in total. The molecule has 2 aliphatic heterocycles. The summed E-state index contributed by atoms with van der Waals surface area (Å²) in [5, 5.41) is 3.92. The number of nitrogens with one attached hydrogen (secondary N) is 1. The molecule has 4 heterocycles. The molecule has 0 radical (unpaired) electrons. The molecule has 2 fully saturated rings. The zero-order valence-electron chi connectivity index (χ0n) is 24.4. The summed E-state index contributed by atoms with van der Waals surface area (Å²) in [7, 11) is 3.77. The average Bonchev–Trinajstić information content (AvgIpc) is 3.52. The van der Waals surface area contributed by atoms with Crippen LogP contribution in [-0.2, 0) is 4.79 Å². The Hall–Kier alpha value is -4.90. The maximum Gasteiger partial charge on any atom is 0.295 e. The number of nitrogens with zero attached hydrogens (tertiary/aromatic N) is 6. The van der Waals surface area contributed by atoms with Crippen LogP contribution in [0.25, 0.3) is 11.0 Å². The Morgan fingerprint density at radius 2 is 1.84 bits per heavy atom. The fraction of sp³-hybridized carbons (Fsp3) is 0.312.